The van der Waals surface area contributed by atoms with Crippen LogP contribution in [0.4, 0.5) is 0 Å². The van der Waals surface area contributed by atoms with Gasteiger partial charge in [-0.2, -0.15) is 0 Å². The number of aromatic hydroxyl groups is 1. The van der Waals surface area contributed by atoms with E-state index >= 15 is 0 Å². The lowest BCUT2D eigenvalue weighted by atomic mass is 9.68. The predicted molar refractivity (Wildman–Crippen MR) is 91.9 cm³/mol. The maximum Gasteiger partial charge on any atom is 0.123 e. The van der Waals surface area contributed by atoms with E-state index < -0.39 is 0 Å². The standard InChI is InChI=1S/C20H28O/c1-19(2,3)13-17(20(4,5)6)15-11-12-18(21)16-10-8-7-9-14(15)16/h7-12,17,21H,13H2,1-6H3. The lowest BCUT2D eigenvalue weighted by Gasteiger charge is -2.36. The van der Waals surface area contributed by atoms with E-state index in [1.165, 1.54) is 10.9 Å². The van der Waals surface area contributed by atoms with Crippen LogP contribution < -0.4 is 0 Å². The lowest BCUT2D eigenvalue weighted by Crippen LogP contribution is -2.24. The van der Waals surface area contributed by atoms with Crippen molar-refractivity contribution in [2.24, 2.45) is 10.8 Å². The molecule has 0 fully saturated rings. The molecule has 0 saturated carbocycles. The van der Waals surface area contributed by atoms with Crippen LogP contribution in [0.5, 0.6) is 5.75 Å². The average molecular weight is 284 g/mol. The zero-order valence-electron chi connectivity index (χ0n) is 14.2. The van der Waals surface area contributed by atoms with Crippen LogP contribution in [0.3, 0.4) is 0 Å². The number of phenolic OH excluding ortho intramolecular Hbond substituents is 1. The van der Waals surface area contributed by atoms with Crippen LogP contribution in [-0.2, 0) is 0 Å². The highest BCUT2D eigenvalue weighted by Crippen LogP contribution is 2.46. The Morgan fingerprint density at radius 3 is 1.95 bits per heavy atom. The molecule has 0 amide bonds. The number of hydrogen-bond acceptors (Lipinski definition) is 1. The zero-order chi connectivity index (χ0) is 15.8. The highest BCUT2D eigenvalue weighted by molar-refractivity contribution is 5.91. The number of benzene rings is 2. The van der Waals surface area contributed by atoms with E-state index in [9.17, 15) is 5.11 Å². The molecule has 1 unspecified atom stereocenters. The molecule has 0 heterocycles. The second-order valence-electron chi connectivity index (χ2n) is 8.40. The van der Waals surface area contributed by atoms with E-state index in [1.807, 2.05) is 18.2 Å². The van der Waals surface area contributed by atoms with Crippen LogP contribution in [0.25, 0.3) is 10.8 Å². The van der Waals surface area contributed by atoms with Crippen LogP contribution in [0.15, 0.2) is 36.4 Å². The summed E-state index contributed by atoms with van der Waals surface area (Å²) in [6.07, 6.45) is 1.13. The highest BCUT2D eigenvalue weighted by Gasteiger charge is 2.31. The van der Waals surface area contributed by atoms with E-state index in [-0.39, 0.29) is 10.8 Å². The van der Waals surface area contributed by atoms with Gasteiger partial charge in [-0.25, -0.2) is 0 Å². The summed E-state index contributed by atoms with van der Waals surface area (Å²) in [4.78, 5) is 0. The largest absolute Gasteiger partial charge is 0.507 e. The molecule has 0 spiro atoms. The molecule has 0 aromatic heterocycles. The summed E-state index contributed by atoms with van der Waals surface area (Å²) in [7, 11) is 0. The minimum Gasteiger partial charge on any atom is -0.507 e. The van der Waals surface area contributed by atoms with E-state index in [0.29, 0.717) is 11.7 Å². The van der Waals surface area contributed by atoms with Gasteiger partial charge in [-0.3, -0.25) is 0 Å². The topological polar surface area (TPSA) is 20.2 Å². The third kappa shape index (κ3) is 3.58. The highest BCUT2D eigenvalue weighted by atomic mass is 16.3. The zero-order valence-corrected chi connectivity index (χ0v) is 14.2. The second kappa shape index (κ2) is 5.36. The van der Waals surface area contributed by atoms with E-state index in [2.05, 4.69) is 59.7 Å². The summed E-state index contributed by atoms with van der Waals surface area (Å²) in [5, 5.41) is 12.3. The molecule has 1 atom stereocenters. The fourth-order valence-electron chi connectivity index (χ4n) is 3.11. The van der Waals surface area contributed by atoms with E-state index in [0.717, 1.165) is 11.8 Å². The molecule has 0 aliphatic carbocycles. The monoisotopic (exact) mass is 284 g/mol. The van der Waals surface area contributed by atoms with Crippen molar-refractivity contribution in [2.45, 2.75) is 53.9 Å². The Kier molecular flexibility index (Phi) is 4.06. The molecule has 0 bridgehead atoms. The van der Waals surface area contributed by atoms with Gasteiger partial charge in [-0.05, 0) is 40.2 Å². The smallest absolute Gasteiger partial charge is 0.123 e. The molecule has 0 saturated heterocycles. The van der Waals surface area contributed by atoms with Crippen molar-refractivity contribution in [3.8, 4) is 5.75 Å². The Bertz CT molecular complexity index is 626. The van der Waals surface area contributed by atoms with Gasteiger partial charge < -0.3 is 5.11 Å². The Morgan fingerprint density at radius 1 is 0.857 bits per heavy atom. The van der Waals surface area contributed by atoms with Gasteiger partial charge in [0.15, 0.2) is 0 Å². The second-order valence-corrected chi connectivity index (χ2v) is 8.40. The summed E-state index contributed by atoms with van der Waals surface area (Å²) in [6.45, 7) is 13.8. The molecule has 21 heavy (non-hydrogen) atoms. The summed E-state index contributed by atoms with van der Waals surface area (Å²) in [6, 6.07) is 12.1. The van der Waals surface area contributed by atoms with Crippen LogP contribution in [-0.4, -0.2) is 5.11 Å². The molecule has 2 aromatic rings. The van der Waals surface area contributed by atoms with Gasteiger partial charge in [0.05, 0.1) is 0 Å². The third-order valence-corrected chi connectivity index (χ3v) is 4.17. The number of hydrogen-bond donors (Lipinski definition) is 1. The van der Waals surface area contributed by atoms with Crippen molar-refractivity contribution in [3.05, 3.63) is 42.0 Å². The van der Waals surface area contributed by atoms with E-state index in [4.69, 9.17) is 0 Å². The van der Waals surface area contributed by atoms with Gasteiger partial charge in [0.1, 0.15) is 5.75 Å². The number of rotatable bonds is 2. The average Bonchev–Trinajstić information content (AvgIpc) is 2.35. The molecule has 1 N–H and O–H groups in total. The molecule has 0 radical (unpaired) electrons. The van der Waals surface area contributed by atoms with Crippen LogP contribution >= 0.6 is 0 Å². The third-order valence-electron chi connectivity index (χ3n) is 4.17. The summed E-state index contributed by atoms with van der Waals surface area (Å²) in [5.74, 6) is 0.834. The Morgan fingerprint density at radius 2 is 1.43 bits per heavy atom. The first-order valence-corrected chi connectivity index (χ1v) is 7.80. The van der Waals surface area contributed by atoms with Crippen molar-refractivity contribution in [1.29, 1.82) is 0 Å². The first kappa shape index (κ1) is 15.9. The van der Waals surface area contributed by atoms with Crippen LogP contribution in [0.2, 0.25) is 0 Å². The van der Waals surface area contributed by atoms with Crippen molar-refractivity contribution in [3.63, 3.8) is 0 Å². The van der Waals surface area contributed by atoms with Gasteiger partial charge in [0.25, 0.3) is 0 Å². The first-order chi connectivity index (χ1) is 9.59. The van der Waals surface area contributed by atoms with E-state index in [1.54, 1.807) is 0 Å². The quantitative estimate of drug-likeness (QED) is 0.705. The summed E-state index contributed by atoms with van der Waals surface area (Å²) >= 11 is 0. The fourth-order valence-corrected chi connectivity index (χ4v) is 3.11. The van der Waals surface area contributed by atoms with Gasteiger partial charge in [0, 0.05) is 5.39 Å². The van der Waals surface area contributed by atoms with Crippen LogP contribution in [0.1, 0.15) is 59.4 Å². The molecule has 114 valence electrons. The van der Waals surface area contributed by atoms with Crippen molar-refractivity contribution < 1.29 is 5.11 Å². The fraction of sp³-hybridized carbons (Fsp3) is 0.500. The van der Waals surface area contributed by atoms with Gasteiger partial charge in [-0.15, -0.1) is 0 Å². The lowest BCUT2D eigenvalue weighted by molar-refractivity contribution is 0.230. The number of phenols is 1. The summed E-state index contributed by atoms with van der Waals surface area (Å²) in [5.41, 5.74) is 1.81. The maximum absolute atomic E-state index is 10.1. The van der Waals surface area contributed by atoms with Gasteiger partial charge in [0.2, 0.25) is 0 Å². The SMILES string of the molecule is CC(C)(C)CC(c1ccc(O)c2ccccc12)C(C)(C)C. The summed E-state index contributed by atoms with van der Waals surface area (Å²) < 4.78 is 0. The molecule has 0 aliphatic rings. The molecule has 1 nitrogen and oxygen atoms in total. The molecule has 1 heteroatoms. The Balaban J connectivity index is 2.63. The Labute approximate surface area is 129 Å². The maximum atomic E-state index is 10.1. The molecular weight excluding hydrogens is 256 g/mol. The van der Waals surface area contributed by atoms with Gasteiger partial charge >= 0.3 is 0 Å². The number of fused-ring (bicyclic) bond motifs is 1. The molecular formula is C20H28O. The van der Waals surface area contributed by atoms with Crippen molar-refractivity contribution >= 4 is 10.8 Å². The van der Waals surface area contributed by atoms with Crippen molar-refractivity contribution in [1.82, 2.24) is 0 Å². The Hall–Kier alpha value is -1.50. The predicted octanol–water partition coefficient (Wildman–Crippen LogP) is 6.11. The minimum absolute atomic E-state index is 0.188. The molecule has 2 rings (SSSR count). The molecule has 2 aromatic carbocycles. The van der Waals surface area contributed by atoms with Gasteiger partial charge in [-0.1, -0.05) is 71.9 Å². The van der Waals surface area contributed by atoms with Crippen molar-refractivity contribution in [2.75, 3.05) is 0 Å². The minimum atomic E-state index is 0.188. The molecule has 0 aliphatic heterocycles. The normalized spacial score (nSPS) is 14.4. The van der Waals surface area contributed by atoms with Crippen LogP contribution in [0, 0.1) is 10.8 Å². The first-order valence-electron chi connectivity index (χ1n) is 7.80.